The SMILES string of the molecule is C=CC(=O)O[CH](OC(=O)C(=C)C)[Ge]([CH3])([CH3])[CH3]. The Morgan fingerprint density at radius 1 is 1.25 bits per heavy atom. The van der Waals surface area contributed by atoms with Crippen LogP contribution in [0.1, 0.15) is 6.92 Å². The van der Waals surface area contributed by atoms with Crippen LogP contribution >= 0.6 is 0 Å². The summed E-state index contributed by atoms with van der Waals surface area (Å²) >= 11 is -2.45. The standard InChI is InChI=1S/C11H18GeO4/c1-7-9(13)15-11(12(4,5)6)16-10(14)8(2)3/h7,11H,1-2H2,3-6H3. The average Bonchev–Trinajstić information content (AvgIpc) is 2.14. The van der Waals surface area contributed by atoms with Crippen LogP contribution in [0.25, 0.3) is 0 Å². The summed E-state index contributed by atoms with van der Waals surface area (Å²) < 4.78 is 10.1. The van der Waals surface area contributed by atoms with Crippen molar-refractivity contribution in [1.82, 2.24) is 0 Å². The van der Waals surface area contributed by atoms with E-state index in [1.807, 2.05) is 17.3 Å². The number of rotatable bonds is 5. The molecule has 0 saturated carbocycles. The van der Waals surface area contributed by atoms with Crippen LogP contribution in [0.15, 0.2) is 24.8 Å². The molecular weight excluding hydrogens is 269 g/mol. The molecule has 0 aromatic heterocycles. The molecule has 0 saturated heterocycles. The first-order chi connectivity index (χ1) is 7.18. The molecule has 0 aromatic carbocycles. The van der Waals surface area contributed by atoms with Gasteiger partial charge in [-0.25, -0.2) is 0 Å². The van der Waals surface area contributed by atoms with Gasteiger partial charge in [0.1, 0.15) is 0 Å². The first-order valence-corrected chi connectivity index (χ1v) is 12.4. The Kier molecular flexibility index (Phi) is 5.51. The zero-order valence-electron chi connectivity index (χ0n) is 10.2. The van der Waals surface area contributed by atoms with Gasteiger partial charge in [0.2, 0.25) is 0 Å². The topological polar surface area (TPSA) is 52.6 Å². The summed E-state index contributed by atoms with van der Waals surface area (Å²) in [6, 6.07) is 0. The Bertz CT molecular complexity index is 314. The van der Waals surface area contributed by atoms with E-state index in [0.29, 0.717) is 0 Å². The third kappa shape index (κ3) is 5.16. The molecule has 1 unspecified atom stereocenters. The molecule has 0 aliphatic heterocycles. The van der Waals surface area contributed by atoms with Crippen molar-refractivity contribution in [1.29, 1.82) is 0 Å². The van der Waals surface area contributed by atoms with E-state index in [0.717, 1.165) is 6.08 Å². The first kappa shape index (κ1) is 15.0. The summed E-state index contributed by atoms with van der Waals surface area (Å²) in [7, 11) is 0. The number of carbonyl (C=O) groups excluding carboxylic acids is 2. The number of esters is 2. The number of ether oxygens (including phenoxy) is 2. The molecule has 0 rings (SSSR count). The van der Waals surface area contributed by atoms with E-state index in [1.165, 1.54) is 0 Å². The Hall–Kier alpha value is -1.04. The fourth-order valence-corrected chi connectivity index (χ4v) is 2.68. The molecule has 0 amide bonds. The number of hydrogen-bond acceptors (Lipinski definition) is 4. The van der Waals surface area contributed by atoms with E-state index in [4.69, 9.17) is 9.47 Å². The van der Waals surface area contributed by atoms with Gasteiger partial charge in [-0.15, -0.1) is 0 Å². The minimum atomic E-state index is -2.45. The van der Waals surface area contributed by atoms with Crippen LogP contribution < -0.4 is 0 Å². The fourth-order valence-electron chi connectivity index (χ4n) is 0.729. The summed E-state index contributed by atoms with van der Waals surface area (Å²) in [6.07, 6.45) is 1.05. The predicted octanol–water partition coefficient (Wildman–Crippen LogP) is 2.04. The second-order valence-corrected chi connectivity index (χ2v) is 15.4. The fraction of sp³-hybridized carbons (Fsp3) is 0.455. The third-order valence-electron chi connectivity index (χ3n) is 1.66. The Labute approximate surface area is 98.7 Å². The zero-order chi connectivity index (χ0) is 12.9. The summed E-state index contributed by atoms with van der Waals surface area (Å²) in [5, 5.41) is -0.769. The molecule has 0 aliphatic rings. The van der Waals surface area contributed by atoms with E-state index in [-0.39, 0.29) is 5.57 Å². The number of carbonyl (C=O) groups is 2. The van der Waals surface area contributed by atoms with Crippen molar-refractivity contribution in [3.05, 3.63) is 24.8 Å². The minimum absolute atomic E-state index is 0.284. The zero-order valence-corrected chi connectivity index (χ0v) is 12.3. The Morgan fingerprint density at radius 2 is 1.75 bits per heavy atom. The molecule has 90 valence electrons. The Morgan fingerprint density at radius 3 is 2.06 bits per heavy atom. The summed E-state index contributed by atoms with van der Waals surface area (Å²) in [6.45, 7) is 8.32. The maximum atomic E-state index is 11.4. The molecule has 0 radical (unpaired) electrons. The molecule has 16 heavy (non-hydrogen) atoms. The van der Waals surface area contributed by atoms with Gasteiger partial charge in [0.05, 0.1) is 0 Å². The normalized spacial score (nSPS) is 12.5. The molecule has 0 heterocycles. The Balaban J connectivity index is 4.70. The van der Waals surface area contributed by atoms with Gasteiger partial charge in [-0.05, 0) is 0 Å². The quantitative estimate of drug-likeness (QED) is 0.336. The molecule has 0 aromatic rings. The molecule has 1 atom stereocenters. The molecular formula is C11H18GeO4. The van der Waals surface area contributed by atoms with Gasteiger partial charge < -0.3 is 0 Å². The van der Waals surface area contributed by atoms with Gasteiger partial charge >= 0.3 is 98.4 Å². The summed E-state index contributed by atoms with van der Waals surface area (Å²) in [5.41, 5.74) is 0.284. The molecule has 0 aliphatic carbocycles. The van der Waals surface area contributed by atoms with Gasteiger partial charge in [-0.3, -0.25) is 0 Å². The van der Waals surface area contributed by atoms with E-state index in [1.54, 1.807) is 6.92 Å². The molecule has 4 nitrogen and oxygen atoms in total. The van der Waals surface area contributed by atoms with Crippen LogP contribution in [-0.4, -0.2) is 30.3 Å². The molecule has 0 spiro atoms. The van der Waals surface area contributed by atoms with Crippen molar-refractivity contribution in [2.45, 2.75) is 29.3 Å². The van der Waals surface area contributed by atoms with Crippen LogP contribution in [0.3, 0.4) is 0 Å². The monoisotopic (exact) mass is 288 g/mol. The van der Waals surface area contributed by atoms with Gasteiger partial charge in [-0.2, -0.15) is 0 Å². The van der Waals surface area contributed by atoms with E-state index >= 15 is 0 Å². The average molecular weight is 287 g/mol. The second-order valence-electron chi connectivity index (χ2n) is 4.52. The molecule has 0 N–H and O–H groups in total. The van der Waals surface area contributed by atoms with Crippen molar-refractivity contribution in [3.63, 3.8) is 0 Å². The van der Waals surface area contributed by atoms with Crippen molar-refractivity contribution >= 4 is 25.2 Å². The third-order valence-corrected chi connectivity index (χ3v) is 5.12. The van der Waals surface area contributed by atoms with Gasteiger partial charge in [-0.1, -0.05) is 0 Å². The van der Waals surface area contributed by atoms with Crippen LogP contribution in [0.5, 0.6) is 0 Å². The molecule has 0 fully saturated rings. The van der Waals surface area contributed by atoms with Crippen molar-refractivity contribution < 1.29 is 19.1 Å². The van der Waals surface area contributed by atoms with Gasteiger partial charge in [0.15, 0.2) is 0 Å². The first-order valence-electron chi connectivity index (χ1n) is 4.88. The van der Waals surface area contributed by atoms with Crippen molar-refractivity contribution in [2.24, 2.45) is 0 Å². The van der Waals surface area contributed by atoms with Crippen LogP contribution in [0.4, 0.5) is 0 Å². The summed E-state index contributed by atoms with van der Waals surface area (Å²) in [4.78, 5) is 22.5. The molecule has 5 heteroatoms. The summed E-state index contributed by atoms with van der Waals surface area (Å²) in [5.74, 6) is 4.81. The second kappa shape index (κ2) is 5.89. The number of hydrogen-bond donors (Lipinski definition) is 0. The van der Waals surface area contributed by atoms with E-state index < -0.39 is 30.3 Å². The van der Waals surface area contributed by atoms with Gasteiger partial charge in [0, 0.05) is 0 Å². The van der Waals surface area contributed by atoms with Crippen LogP contribution in [-0.2, 0) is 19.1 Å². The predicted molar refractivity (Wildman–Crippen MR) is 64.3 cm³/mol. The van der Waals surface area contributed by atoms with Crippen LogP contribution in [0.2, 0.25) is 17.3 Å². The van der Waals surface area contributed by atoms with E-state index in [9.17, 15) is 9.59 Å². The van der Waals surface area contributed by atoms with Gasteiger partial charge in [0.25, 0.3) is 0 Å². The van der Waals surface area contributed by atoms with Crippen molar-refractivity contribution in [2.75, 3.05) is 0 Å². The maximum absolute atomic E-state index is 11.4. The van der Waals surface area contributed by atoms with Crippen molar-refractivity contribution in [3.8, 4) is 0 Å². The van der Waals surface area contributed by atoms with Crippen LogP contribution in [0, 0.1) is 0 Å². The molecule has 0 bridgehead atoms. The van der Waals surface area contributed by atoms with E-state index in [2.05, 4.69) is 13.2 Å².